The smallest absolute Gasteiger partial charge is 0.312 e. The van der Waals surface area contributed by atoms with Crippen molar-refractivity contribution in [3.63, 3.8) is 0 Å². The average Bonchev–Trinajstić information content (AvgIpc) is 2.93. The van der Waals surface area contributed by atoms with Crippen LogP contribution in [0.2, 0.25) is 0 Å². The first kappa shape index (κ1) is 20.2. The third-order valence-electron chi connectivity index (χ3n) is 4.76. The molecule has 0 fully saturated rings. The summed E-state index contributed by atoms with van der Waals surface area (Å²) in [7, 11) is 0. The number of carbonyl (C=O) groups is 2. The number of anilines is 1. The van der Waals surface area contributed by atoms with E-state index in [9.17, 15) is 9.59 Å². The van der Waals surface area contributed by atoms with Crippen LogP contribution in [0.5, 0.6) is 0 Å². The van der Waals surface area contributed by atoms with E-state index in [2.05, 4.69) is 25.4 Å². The molecule has 3 rings (SSSR count). The van der Waals surface area contributed by atoms with Crippen LogP contribution in [0.4, 0.5) is 10.5 Å². The van der Waals surface area contributed by atoms with Crippen molar-refractivity contribution in [3.8, 4) is 11.4 Å². The molecule has 3 amide bonds. The number of hydrogen-bond donors (Lipinski definition) is 3. The molecule has 0 saturated carbocycles. The van der Waals surface area contributed by atoms with E-state index >= 15 is 0 Å². The standard InChI is InChI=1S/C19H26N6O2S/c1-28-12-10-15(22-19(20)27)18(26)21-14-8-6-13(7-9-14)17-24-23-16-5-3-2-4-11-25(16)17/h6-9,15H,2-5,10-12H2,1H3,(H,21,26)(H3,20,22,27)/t15-/m1/s1. The summed E-state index contributed by atoms with van der Waals surface area (Å²) in [5, 5.41) is 14.0. The fraction of sp³-hybridized carbons (Fsp3) is 0.474. The minimum absolute atomic E-state index is 0.281. The molecule has 1 aromatic carbocycles. The van der Waals surface area contributed by atoms with Crippen molar-refractivity contribution in [1.82, 2.24) is 20.1 Å². The maximum absolute atomic E-state index is 12.5. The predicted molar refractivity (Wildman–Crippen MR) is 111 cm³/mol. The van der Waals surface area contributed by atoms with Gasteiger partial charge in [-0.25, -0.2) is 4.79 Å². The van der Waals surface area contributed by atoms with Gasteiger partial charge in [-0.1, -0.05) is 6.42 Å². The Morgan fingerprint density at radius 1 is 1.21 bits per heavy atom. The fourth-order valence-corrected chi connectivity index (χ4v) is 3.78. The molecule has 1 aliphatic heterocycles. The Kier molecular flexibility index (Phi) is 6.91. The minimum Gasteiger partial charge on any atom is -0.352 e. The van der Waals surface area contributed by atoms with Gasteiger partial charge in [-0.2, -0.15) is 11.8 Å². The number of benzene rings is 1. The molecule has 8 nitrogen and oxygen atoms in total. The summed E-state index contributed by atoms with van der Waals surface area (Å²) in [6, 6.07) is 6.16. The van der Waals surface area contributed by atoms with Crippen molar-refractivity contribution in [3.05, 3.63) is 30.1 Å². The molecule has 0 spiro atoms. The summed E-state index contributed by atoms with van der Waals surface area (Å²) in [5.74, 6) is 2.37. The van der Waals surface area contributed by atoms with Crippen LogP contribution in [0.3, 0.4) is 0 Å². The normalized spacial score (nSPS) is 14.6. The van der Waals surface area contributed by atoms with E-state index in [0.717, 1.165) is 48.8 Å². The Hall–Kier alpha value is -2.55. The lowest BCUT2D eigenvalue weighted by atomic mass is 10.1. The highest BCUT2D eigenvalue weighted by molar-refractivity contribution is 7.98. The first-order valence-corrected chi connectivity index (χ1v) is 10.9. The summed E-state index contributed by atoms with van der Waals surface area (Å²) in [6.07, 6.45) is 6.93. The van der Waals surface area contributed by atoms with Crippen molar-refractivity contribution in [1.29, 1.82) is 0 Å². The number of primary amides is 1. The molecule has 0 bridgehead atoms. The Labute approximate surface area is 168 Å². The highest BCUT2D eigenvalue weighted by Gasteiger charge is 2.20. The van der Waals surface area contributed by atoms with Gasteiger partial charge >= 0.3 is 6.03 Å². The third-order valence-corrected chi connectivity index (χ3v) is 5.41. The second-order valence-corrected chi connectivity index (χ2v) is 7.80. The number of thioether (sulfide) groups is 1. The molecular weight excluding hydrogens is 376 g/mol. The minimum atomic E-state index is -0.705. The number of nitrogens with one attached hydrogen (secondary N) is 2. The third kappa shape index (κ3) is 5.03. The van der Waals surface area contributed by atoms with Crippen molar-refractivity contribution >= 4 is 29.4 Å². The summed E-state index contributed by atoms with van der Waals surface area (Å²) >= 11 is 1.61. The number of nitrogens with zero attached hydrogens (tertiary/aromatic N) is 3. The Bertz CT molecular complexity index is 820. The summed E-state index contributed by atoms with van der Waals surface area (Å²) in [4.78, 5) is 23.6. The number of hydrogen-bond acceptors (Lipinski definition) is 5. The molecule has 1 aliphatic rings. The van der Waals surface area contributed by atoms with E-state index in [4.69, 9.17) is 5.73 Å². The van der Waals surface area contributed by atoms with Crippen molar-refractivity contribution < 1.29 is 9.59 Å². The van der Waals surface area contributed by atoms with Gasteiger partial charge in [-0.3, -0.25) is 4.79 Å². The monoisotopic (exact) mass is 402 g/mol. The predicted octanol–water partition coefficient (Wildman–Crippen LogP) is 2.40. The van der Waals surface area contributed by atoms with Gasteiger partial charge in [0.05, 0.1) is 0 Å². The number of carbonyl (C=O) groups excluding carboxylic acids is 2. The molecule has 1 atom stereocenters. The summed E-state index contributed by atoms with van der Waals surface area (Å²) in [5.41, 5.74) is 6.81. The Morgan fingerprint density at radius 2 is 2.00 bits per heavy atom. The van der Waals surface area contributed by atoms with Crippen LogP contribution in [0.25, 0.3) is 11.4 Å². The van der Waals surface area contributed by atoms with E-state index < -0.39 is 12.1 Å². The van der Waals surface area contributed by atoms with Gasteiger partial charge in [-0.15, -0.1) is 10.2 Å². The van der Waals surface area contributed by atoms with Gasteiger partial charge in [0.15, 0.2) is 5.82 Å². The van der Waals surface area contributed by atoms with Crippen LogP contribution < -0.4 is 16.4 Å². The van der Waals surface area contributed by atoms with Crippen LogP contribution in [-0.2, 0) is 17.8 Å². The van der Waals surface area contributed by atoms with Crippen molar-refractivity contribution in [2.24, 2.45) is 5.73 Å². The highest BCUT2D eigenvalue weighted by Crippen LogP contribution is 2.24. The maximum Gasteiger partial charge on any atom is 0.312 e. The van der Waals surface area contributed by atoms with Gasteiger partial charge in [0.25, 0.3) is 0 Å². The largest absolute Gasteiger partial charge is 0.352 e. The number of aryl methyl sites for hydroxylation is 1. The van der Waals surface area contributed by atoms with Crippen molar-refractivity contribution in [2.75, 3.05) is 17.3 Å². The Balaban J connectivity index is 1.69. The van der Waals surface area contributed by atoms with Crippen LogP contribution in [0, 0.1) is 0 Å². The fourth-order valence-electron chi connectivity index (χ4n) is 3.31. The number of nitrogens with two attached hydrogens (primary N) is 1. The zero-order valence-corrected chi connectivity index (χ0v) is 16.8. The van der Waals surface area contributed by atoms with E-state index in [1.807, 2.05) is 30.5 Å². The second-order valence-electron chi connectivity index (χ2n) is 6.81. The van der Waals surface area contributed by atoms with Gasteiger partial charge < -0.3 is 20.9 Å². The number of aromatic nitrogens is 3. The van der Waals surface area contributed by atoms with E-state index in [-0.39, 0.29) is 5.91 Å². The quantitative estimate of drug-likeness (QED) is 0.658. The van der Waals surface area contributed by atoms with E-state index in [0.29, 0.717) is 12.1 Å². The van der Waals surface area contributed by atoms with Crippen LogP contribution >= 0.6 is 11.8 Å². The van der Waals surface area contributed by atoms with Crippen molar-refractivity contribution in [2.45, 2.75) is 44.7 Å². The number of rotatable bonds is 7. The lowest BCUT2D eigenvalue weighted by molar-refractivity contribution is -0.117. The topological polar surface area (TPSA) is 115 Å². The first-order chi connectivity index (χ1) is 13.6. The molecular formula is C19H26N6O2S. The van der Waals surface area contributed by atoms with Gasteiger partial charge in [0, 0.05) is 24.2 Å². The number of fused-ring (bicyclic) bond motifs is 1. The van der Waals surface area contributed by atoms with Crippen LogP contribution in [-0.4, -0.2) is 44.8 Å². The zero-order chi connectivity index (χ0) is 19.9. The summed E-state index contributed by atoms with van der Waals surface area (Å²) in [6.45, 7) is 0.937. The molecule has 0 unspecified atom stereocenters. The average molecular weight is 403 g/mol. The molecule has 1 aromatic heterocycles. The lowest BCUT2D eigenvalue weighted by Crippen LogP contribution is -2.46. The van der Waals surface area contributed by atoms with E-state index in [1.165, 1.54) is 6.42 Å². The van der Waals surface area contributed by atoms with E-state index in [1.54, 1.807) is 11.8 Å². The zero-order valence-electron chi connectivity index (χ0n) is 16.0. The molecule has 0 saturated heterocycles. The van der Waals surface area contributed by atoms with Crippen LogP contribution in [0.15, 0.2) is 24.3 Å². The molecule has 9 heteroatoms. The lowest BCUT2D eigenvalue weighted by Gasteiger charge is -2.17. The molecule has 0 aliphatic carbocycles. The molecule has 150 valence electrons. The molecule has 4 N–H and O–H groups in total. The number of urea groups is 1. The number of amides is 3. The van der Waals surface area contributed by atoms with Gasteiger partial charge in [0.1, 0.15) is 11.9 Å². The second kappa shape index (κ2) is 9.59. The molecule has 28 heavy (non-hydrogen) atoms. The first-order valence-electron chi connectivity index (χ1n) is 9.47. The molecule has 0 radical (unpaired) electrons. The SMILES string of the molecule is CSCC[C@@H](NC(N)=O)C(=O)Nc1ccc(-c2nnc3n2CCCCC3)cc1. The molecule has 2 heterocycles. The van der Waals surface area contributed by atoms with Crippen LogP contribution in [0.1, 0.15) is 31.5 Å². The molecule has 2 aromatic rings. The highest BCUT2D eigenvalue weighted by atomic mass is 32.2. The Morgan fingerprint density at radius 3 is 2.71 bits per heavy atom. The summed E-state index contributed by atoms with van der Waals surface area (Å²) < 4.78 is 2.19. The van der Waals surface area contributed by atoms with Gasteiger partial charge in [-0.05, 0) is 55.5 Å². The maximum atomic E-state index is 12.5. The van der Waals surface area contributed by atoms with Gasteiger partial charge in [0.2, 0.25) is 5.91 Å².